The molecular formula is C17H14BrFO. The molecule has 1 aromatic heterocycles. The third kappa shape index (κ3) is 2.93. The molecule has 0 aliphatic heterocycles. The van der Waals surface area contributed by atoms with E-state index in [1.807, 2.05) is 24.3 Å². The van der Waals surface area contributed by atoms with Crippen molar-refractivity contribution in [2.24, 2.45) is 0 Å². The molecule has 0 radical (unpaired) electrons. The van der Waals surface area contributed by atoms with Crippen molar-refractivity contribution in [3.05, 3.63) is 71.7 Å². The highest BCUT2D eigenvalue weighted by Crippen LogP contribution is 2.29. The van der Waals surface area contributed by atoms with Gasteiger partial charge in [-0.3, -0.25) is 0 Å². The molecule has 0 spiro atoms. The summed E-state index contributed by atoms with van der Waals surface area (Å²) >= 11 is 3.70. The predicted molar refractivity (Wildman–Crippen MR) is 82.6 cm³/mol. The van der Waals surface area contributed by atoms with Gasteiger partial charge < -0.3 is 4.42 Å². The first kappa shape index (κ1) is 13.4. The van der Waals surface area contributed by atoms with Gasteiger partial charge >= 0.3 is 0 Å². The van der Waals surface area contributed by atoms with E-state index < -0.39 is 0 Å². The Kier molecular flexibility index (Phi) is 3.88. The number of fused-ring (bicyclic) bond motifs is 1. The van der Waals surface area contributed by atoms with Crippen molar-refractivity contribution in [1.82, 2.24) is 0 Å². The largest absolute Gasteiger partial charge is 0.461 e. The summed E-state index contributed by atoms with van der Waals surface area (Å²) < 4.78 is 18.9. The lowest BCUT2D eigenvalue weighted by Crippen LogP contribution is -1.92. The summed E-state index contributed by atoms with van der Waals surface area (Å²) in [6.45, 7) is 0. The van der Waals surface area contributed by atoms with Crippen LogP contribution in [0.1, 0.15) is 22.6 Å². The van der Waals surface area contributed by atoms with Crippen LogP contribution in [0.15, 0.2) is 59.0 Å². The quantitative estimate of drug-likeness (QED) is 0.563. The van der Waals surface area contributed by atoms with Crippen molar-refractivity contribution in [3.8, 4) is 0 Å². The second kappa shape index (κ2) is 5.80. The first-order valence-electron chi connectivity index (χ1n) is 6.59. The standard InChI is InChI=1S/C17H14BrFO/c18-16(12-4-2-1-3-5-12)8-7-15-11-13-10-14(19)6-9-17(13)20-15/h1-6,9-11,16H,7-8H2. The molecule has 20 heavy (non-hydrogen) atoms. The molecule has 0 aliphatic rings. The molecule has 1 nitrogen and oxygen atoms in total. The van der Waals surface area contributed by atoms with Crippen LogP contribution in [0.3, 0.4) is 0 Å². The zero-order valence-electron chi connectivity index (χ0n) is 10.9. The molecule has 3 heteroatoms. The number of hydrogen-bond acceptors (Lipinski definition) is 1. The summed E-state index contributed by atoms with van der Waals surface area (Å²) in [5, 5.41) is 0.825. The van der Waals surface area contributed by atoms with Crippen LogP contribution >= 0.6 is 15.9 Å². The fraction of sp³-hybridized carbons (Fsp3) is 0.176. The van der Waals surface area contributed by atoms with E-state index in [2.05, 4.69) is 28.1 Å². The number of hydrogen-bond donors (Lipinski definition) is 0. The number of alkyl halides is 1. The molecule has 0 amide bonds. The van der Waals surface area contributed by atoms with E-state index in [0.717, 1.165) is 29.6 Å². The molecule has 3 aromatic rings. The minimum atomic E-state index is -0.229. The Morgan fingerprint density at radius 2 is 1.85 bits per heavy atom. The van der Waals surface area contributed by atoms with E-state index in [-0.39, 0.29) is 5.82 Å². The fourth-order valence-corrected chi connectivity index (χ4v) is 2.82. The zero-order chi connectivity index (χ0) is 13.9. The van der Waals surface area contributed by atoms with Gasteiger partial charge in [-0.2, -0.15) is 0 Å². The van der Waals surface area contributed by atoms with Crippen molar-refractivity contribution in [2.45, 2.75) is 17.7 Å². The Morgan fingerprint density at radius 1 is 1.05 bits per heavy atom. The molecule has 0 saturated carbocycles. The predicted octanol–water partition coefficient (Wildman–Crippen LogP) is 5.64. The van der Waals surface area contributed by atoms with E-state index in [4.69, 9.17) is 4.42 Å². The lowest BCUT2D eigenvalue weighted by molar-refractivity contribution is 0.537. The second-order valence-electron chi connectivity index (χ2n) is 4.81. The van der Waals surface area contributed by atoms with Crippen molar-refractivity contribution in [1.29, 1.82) is 0 Å². The second-order valence-corrected chi connectivity index (χ2v) is 5.92. The minimum Gasteiger partial charge on any atom is -0.461 e. The highest BCUT2D eigenvalue weighted by molar-refractivity contribution is 9.09. The zero-order valence-corrected chi connectivity index (χ0v) is 12.4. The summed E-state index contributed by atoms with van der Waals surface area (Å²) in [6, 6.07) is 16.8. The van der Waals surface area contributed by atoms with E-state index in [9.17, 15) is 4.39 Å². The van der Waals surface area contributed by atoms with Crippen LogP contribution in [0.25, 0.3) is 11.0 Å². The molecule has 0 fully saturated rings. The van der Waals surface area contributed by atoms with Crippen molar-refractivity contribution in [3.63, 3.8) is 0 Å². The topological polar surface area (TPSA) is 13.1 Å². The summed E-state index contributed by atoms with van der Waals surface area (Å²) in [7, 11) is 0. The van der Waals surface area contributed by atoms with Crippen molar-refractivity contribution in [2.75, 3.05) is 0 Å². The van der Waals surface area contributed by atoms with E-state index in [1.54, 1.807) is 6.07 Å². The first-order valence-corrected chi connectivity index (χ1v) is 7.51. The maximum absolute atomic E-state index is 13.1. The Labute approximate surface area is 125 Å². The average molecular weight is 333 g/mol. The normalized spacial score (nSPS) is 12.7. The van der Waals surface area contributed by atoms with Gasteiger partial charge in [0, 0.05) is 16.6 Å². The Hall–Kier alpha value is -1.61. The van der Waals surface area contributed by atoms with Gasteiger partial charge in [-0.1, -0.05) is 46.3 Å². The molecule has 3 rings (SSSR count). The highest BCUT2D eigenvalue weighted by atomic mass is 79.9. The van der Waals surface area contributed by atoms with Crippen LogP contribution < -0.4 is 0 Å². The average Bonchev–Trinajstić information content (AvgIpc) is 2.87. The summed E-state index contributed by atoms with van der Waals surface area (Å²) in [5.41, 5.74) is 2.00. The van der Waals surface area contributed by atoms with E-state index in [0.29, 0.717) is 4.83 Å². The van der Waals surface area contributed by atoms with Crippen molar-refractivity contribution < 1.29 is 8.81 Å². The highest BCUT2D eigenvalue weighted by Gasteiger charge is 2.10. The van der Waals surface area contributed by atoms with Crippen LogP contribution in [-0.2, 0) is 6.42 Å². The summed E-state index contributed by atoms with van der Waals surface area (Å²) in [4.78, 5) is 0.300. The van der Waals surface area contributed by atoms with Crippen LogP contribution in [0.4, 0.5) is 4.39 Å². The molecule has 0 bridgehead atoms. The van der Waals surface area contributed by atoms with E-state index >= 15 is 0 Å². The number of aryl methyl sites for hydroxylation is 1. The van der Waals surface area contributed by atoms with Gasteiger partial charge in [0.2, 0.25) is 0 Å². The van der Waals surface area contributed by atoms with Crippen molar-refractivity contribution >= 4 is 26.9 Å². The maximum atomic E-state index is 13.1. The number of furan rings is 1. The molecule has 0 N–H and O–H groups in total. The molecule has 1 heterocycles. The number of halogens is 2. The lowest BCUT2D eigenvalue weighted by atomic mass is 10.1. The third-order valence-corrected chi connectivity index (χ3v) is 4.32. The van der Waals surface area contributed by atoms with Crippen LogP contribution in [0, 0.1) is 5.82 Å². The first-order chi connectivity index (χ1) is 9.72. The number of benzene rings is 2. The smallest absolute Gasteiger partial charge is 0.134 e. The van der Waals surface area contributed by atoms with Gasteiger partial charge in [-0.25, -0.2) is 4.39 Å². The van der Waals surface area contributed by atoms with Gasteiger partial charge in [0.1, 0.15) is 17.2 Å². The minimum absolute atomic E-state index is 0.229. The Bertz CT molecular complexity index is 705. The van der Waals surface area contributed by atoms with Gasteiger partial charge in [-0.15, -0.1) is 0 Å². The Balaban J connectivity index is 1.71. The Morgan fingerprint density at radius 3 is 2.65 bits per heavy atom. The van der Waals surface area contributed by atoms with Gasteiger partial charge in [0.25, 0.3) is 0 Å². The van der Waals surface area contributed by atoms with E-state index in [1.165, 1.54) is 17.7 Å². The van der Waals surface area contributed by atoms with Gasteiger partial charge in [0.05, 0.1) is 0 Å². The lowest BCUT2D eigenvalue weighted by Gasteiger charge is -2.08. The molecule has 2 aromatic carbocycles. The van der Waals surface area contributed by atoms with Gasteiger partial charge in [0.15, 0.2) is 0 Å². The molecule has 102 valence electrons. The molecular weight excluding hydrogens is 319 g/mol. The monoisotopic (exact) mass is 332 g/mol. The summed E-state index contributed by atoms with van der Waals surface area (Å²) in [6.07, 6.45) is 1.76. The molecule has 1 atom stereocenters. The summed E-state index contributed by atoms with van der Waals surface area (Å²) in [5.74, 6) is 0.665. The fourth-order valence-electron chi connectivity index (χ4n) is 2.29. The maximum Gasteiger partial charge on any atom is 0.134 e. The van der Waals surface area contributed by atoms with Crippen LogP contribution in [-0.4, -0.2) is 0 Å². The SMILES string of the molecule is Fc1ccc2oc(CCC(Br)c3ccccc3)cc2c1. The molecule has 0 saturated heterocycles. The third-order valence-electron chi connectivity index (χ3n) is 3.33. The molecule has 1 unspecified atom stereocenters. The van der Waals surface area contributed by atoms with Crippen LogP contribution in [0.5, 0.6) is 0 Å². The molecule has 0 aliphatic carbocycles. The van der Waals surface area contributed by atoms with Crippen LogP contribution in [0.2, 0.25) is 0 Å². The van der Waals surface area contributed by atoms with Gasteiger partial charge in [-0.05, 0) is 36.2 Å². The number of rotatable bonds is 4.